The number of H-pyrrole nitrogens is 1. The highest BCUT2D eigenvalue weighted by Crippen LogP contribution is 2.37. The standard InChI is InChI=1S/C29H26N2O4/c1-29(2,3)35-28(34)24-21-15-9-10-16-22(21)30-25(24)23(17-18-11-5-4-6-12-18)31-26(32)19-13-7-8-14-20(19)27(31)33/h4-16,23,30H,17H2,1-3H3. The molecule has 0 saturated heterocycles. The minimum absolute atomic E-state index is 0.341. The van der Waals surface area contributed by atoms with E-state index in [2.05, 4.69) is 4.98 Å². The molecule has 1 aromatic heterocycles. The summed E-state index contributed by atoms with van der Waals surface area (Å²) in [5.41, 5.74) is 2.51. The smallest absolute Gasteiger partial charge is 0.341 e. The topological polar surface area (TPSA) is 79.5 Å². The van der Waals surface area contributed by atoms with E-state index in [4.69, 9.17) is 4.74 Å². The van der Waals surface area contributed by atoms with Crippen LogP contribution in [0.4, 0.5) is 0 Å². The van der Waals surface area contributed by atoms with Gasteiger partial charge in [-0.2, -0.15) is 0 Å². The van der Waals surface area contributed by atoms with Crippen molar-refractivity contribution in [1.29, 1.82) is 0 Å². The first kappa shape index (κ1) is 22.6. The lowest BCUT2D eigenvalue weighted by atomic mass is 9.97. The summed E-state index contributed by atoms with van der Waals surface area (Å²) in [6, 6.07) is 23.1. The van der Waals surface area contributed by atoms with Crippen molar-refractivity contribution in [3.63, 3.8) is 0 Å². The molecule has 1 aliphatic heterocycles. The average Bonchev–Trinajstić information content (AvgIpc) is 3.33. The molecule has 6 heteroatoms. The van der Waals surface area contributed by atoms with Crippen molar-refractivity contribution >= 4 is 28.7 Å². The minimum Gasteiger partial charge on any atom is -0.456 e. The van der Waals surface area contributed by atoms with Crippen molar-refractivity contribution in [3.8, 4) is 0 Å². The van der Waals surface area contributed by atoms with Gasteiger partial charge in [0.2, 0.25) is 0 Å². The molecule has 0 fully saturated rings. The van der Waals surface area contributed by atoms with Crippen LogP contribution in [0.1, 0.15) is 69.1 Å². The van der Waals surface area contributed by atoms with Gasteiger partial charge in [-0.3, -0.25) is 14.5 Å². The van der Waals surface area contributed by atoms with Crippen molar-refractivity contribution in [2.45, 2.75) is 38.8 Å². The van der Waals surface area contributed by atoms with Gasteiger partial charge >= 0.3 is 5.97 Å². The third-order valence-electron chi connectivity index (χ3n) is 6.08. The van der Waals surface area contributed by atoms with Crippen molar-refractivity contribution in [2.75, 3.05) is 0 Å². The molecule has 0 spiro atoms. The zero-order valence-corrected chi connectivity index (χ0v) is 19.9. The number of hydrogen-bond donors (Lipinski definition) is 1. The number of aromatic amines is 1. The van der Waals surface area contributed by atoms with E-state index in [0.29, 0.717) is 34.2 Å². The SMILES string of the molecule is CC(C)(C)OC(=O)c1c(C(Cc2ccccc2)N2C(=O)c3ccccc3C2=O)[nH]c2ccccc12. The molecule has 2 amide bonds. The third kappa shape index (κ3) is 4.12. The summed E-state index contributed by atoms with van der Waals surface area (Å²) < 4.78 is 5.76. The fourth-order valence-corrected chi connectivity index (χ4v) is 4.61. The Morgan fingerprint density at radius 2 is 1.43 bits per heavy atom. The number of ether oxygens (including phenoxy) is 1. The molecule has 6 nitrogen and oxygen atoms in total. The van der Waals surface area contributed by atoms with Crippen molar-refractivity contribution < 1.29 is 19.1 Å². The number of amides is 2. The normalized spacial score (nSPS) is 14.3. The third-order valence-corrected chi connectivity index (χ3v) is 6.08. The lowest BCUT2D eigenvalue weighted by Crippen LogP contribution is -2.36. The number of carbonyl (C=O) groups excluding carboxylic acids is 3. The second-order valence-corrected chi connectivity index (χ2v) is 9.69. The number of fused-ring (bicyclic) bond motifs is 2. The van der Waals surface area contributed by atoms with Gasteiger partial charge in [0.15, 0.2) is 0 Å². The summed E-state index contributed by atoms with van der Waals surface area (Å²) in [5.74, 6) is -1.25. The first-order valence-corrected chi connectivity index (χ1v) is 11.6. The van der Waals surface area contributed by atoms with E-state index in [1.54, 1.807) is 24.3 Å². The lowest BCUT2D eigenvalue weighted by molar-refractivity contribution is 0.00669. The average molecular weight is 467 g/mol. The molecule has 0 saturated carbocycles. The fraction of sp³-hybridized carbons (Fsp3) is 0.207. The van der Waals surface area contributed by atoms with E-state index in [1.807, 2.05) is 75.4 Å². The van der Waals surface area contributed by atoms with E-state index >= 15 is 0 Å². The Labute approximate surface area is 203 Å². The number of imide groups is 1. The molecule has 1 unspecified atom stereocenters. The molecule has 3 aromatic carbocycles. The van der Waals surface area contributed by atoms with Crippen LogP contribution in [0, 0.1) is 0 Å². The molecule has 176 valence electrons. The number of carbonyl (C=O) groups is 3. The maximum atomic E-state index is 13.5. The van der Waals surface area contributed by atoms with Crippen molar-refractivity contribution in [1.82, 2.24) is 9.88 Å². The lowest BCUT2D eigenvalue weighted by Gasteiger charge is -2.27. The predicted molar refractivity (Wildman–Crippen MR) is 133 cm³/mol. The molecule has 1 N–H and O–H groups in total. The minimum atomic E-state index is -0.736. The van der Waals surface area contributed by atoms with E-state index in [-0.39, 0.29) is 11.8 Å². The van der Waals surface area contributed by atoms with Crippen LogP contribution < -0.4 is 0 Å². The maximum absolute atomic E-state index is 13.5. The highest BCUT2D eigenvalue weighted by atomic mass is 16.6. The molecule has 4 aromatic rings. The highest BCUT2D eigenvalue weighted by molar-refractivity contribution is 6.21. The molecule has 0 radical (unpaired) electrons. The van der Waals surface area contributed by atoms with Crippen LogP contribution in [-0.4, -0.2) is 33.3 Å². The van der Waals surface area contributed by atoms with Crippen molar-refractivity contribution in [3.05, 3.63) is 107 Å². The summed E-state index contributed by atoms with van der Waals surface area (Å²) in [4.78, 5) is 45.1. The Morgan fingerprint density at radius 3 is 2.06 bits per heavy atom. The monoisotopic (exact) mass is 466 g/mol. The van der Waals surface area contributed by atoms with E-state index in [9.17, 15) is 14.4 Å². The Hall–Kier alpha value is -4.19. The number of rotatable bonds is 5. The Morgan fingerprint density at radius 1 is 0.857 bits per heavy atom. The quantitative estimate of drug-likeness (QED) is 0.302. The summed E-state index contributed by atoms with van der Waals surface area (Å²) >= 11 is 0. The Balaban J connectivity index is 1.70. The molecule has 0 aliphatic carbocycles. The number of esters is 1. The van der Waals surface area contributed by atoms with Crippen molar-refractivity contribution in [2.24, 2.45) is 0 Å². The zero-order chi connectivity index (χ0) is 24.7. The first-order valence-electron chi connectivity index (χ1n) is 11.6. The van der Waals surface area contributed by atoms with Gasteiger partial charge in [0, 0.05) is 10.9 Å². The number of benzene rings is 3. The predicted octanol–water partition coefficient (Wildman–Crippen LogP) is 5.70. The molecular formula is C29H26N2O4. The second kappa shape index (κ2) is 8.55. The molecule has 0 bridgehead atoms. The van der Waals surface area contributed by atoms with E-state index in [1.165, 1.54) is 4.90 Å². The molecule has 1 aliphatic rings. The summed E-state index contributed by atoms with van der Waals surface area (Å²) in [7, 11) is 0. The van der Waals surface area contributed by atoms with Crippen LogP contribution in [0.25, 0.3) is 10.9 Å². The summed E-state index contributed by atoms with van der Waals surface area (Å²) in [6.07, 6.45) is 0.342. The van der Waals surface area contributed by atoms with Gasteiger partial charge in [-0.15, -0.1) is 0 Å². The van der Waals surface area contributed by atoms with E-state index < -0.39 is 17.6 Å². The number of hydrogen-bond acceptors (Lipinski definition) is 4. The Bertz CT molecular complexity index is 1410. The summed E-state index contributed by atoms with van der Waals surface area (Å²) in [5, 5.41) is 0.687. The number of aromatic nitrogens is 1. The fourth-order valence-electron chi connectivity index (χ4n) is 4.61. The Kier molecular flexibility index (Phi) is 5.52. The number of nitrogens with zero attached hydrogens (tertiary/aromatic N) is 1. The second-order valence-electron chi connectivity index (χ2n) is 9.69. The number of para-hydroxylation sites is 1. The van der Waals surface area contributed by atoms with Gasteiger partial charge in [-0.25, -0.2) is 4.79 Å². The zero-order valence-electron chi connectivity index (χ0n) is 19.9. The molecule has 1 atom stereocenters. The largest absolute Gasteiger partial charge is 0.456 e. The first-order chi connectivity index (χ1) is 16.7. The van der Waals surface area contributed by atoms with Crippen LogP contribution in [0.2, 0.25) is 0 Å². The van der Waals surface area contributed by atoms with Crippen LogP contribution in [0.3, 0.4) is 0 Å². The van der Waals surface area contributed by atoms with Gasteiger partial charge in [-0.1, -0.05) is 60.7 Å². The molecule has 5 rings (SSSR count). The molecular weight excluding hydrogens is 440 g/mol. The van der Waals surface area contributed by atoms with Crippen LogP contribution >= 0.6 is 0 Å². The summed E-state index contributed by atoms with van der Waals surface area (Å²) in [6.45, 7) is 5.43. The van der Waals surface area contributed by atoms with Gasteiger partial charge in [0.05, 0.1) is 28.4 Å². The van der Waals surface area contributed by atoms with Gasteiger partial charge in [-0.05, 0) is 51.0 Å². The van der Waals surface area contributed by atoms with Crippen LogP contribution in [0.15, 0.2) is 78.9 Å². The van der Waals surface area contributed by atoms with Crippen LogP contribution in [0.5, 0.6) is 0 Å². The van der Waals surface area contributed by atoms with Crippen LogP contribution in [-0.2, 0) is 11.2 Å². The van der Waals surface area contributed by atoms with E-state index in [0.717, 1.165) is 11.1 Å². The molecule has 35 heavy (non-hydrogen) atoms. The van der Waals surface area contributed by atoms with Gasteiger partial charge < -0.3 is 9.72 Å². The number of nitrogens with one attached hydrogen (secondary N) is 1. The highest BCUT2D eigenvalue weighted by Gasteiger charge is 2.42. The maximum Gasteiger partial charge on any atom is 0.341 e. The van der Waals surface area contributed by atoms with Gasteiger partial charge in [0.1, 0.15) is 5.60 Å². The van der Waals surface area contributed by atoms with Gasteiger partial charge in [0.25, 0.3) is 11.8 Å². The molecule has 2 heterocycles.